The molecule has 3 nitrogen and oxygen atoms in total. The average Bonchev–Trinajstić information content (AvgIpc) is 2.64. The van der Waals surface area contributed by atoms with Gasteiger partial charge >= 0.3 is 0 Å². The molecule has 0 fully saturated rings. The maximum Gasteiger partial charge on any atom is 0.203 e. The Labute approximate surface area is 127 Å². The lowest BCUT2D eigenvalue weighted by molar-refractivity contribution is -0.0565. The van der Waals surface area contributed by atoms with Gasteiger partial charge in [-0.25, -0.2) is 0 Å². The zero-order valence-electron chi connectivity index (χ0n) is 13.8. The lowest BCUT2D eigenvalue weighted by Crippen LogP contribution is -2.33. The zero-order valence-corrected chi connectivity index (χ0v) is 13.8. The first kappa shape index (κ1) is 14.7. The SMILES string of the molecule is COC1CCOc2cc3c(cc2O1)C(C)(C)CCC3(C)C. The predicted octanol–water partition coefficient (Wildman–Crippen LogP) is 4.17. The van der Waals surface area contributed by atoms with Crippen molar-refractivity contribution in [3.8, 4) is 11.5 Å². The summed E-state index contributed by atoms with van der Waals surface area (Å²) < 4.78 is 17.3. The van der Waals surface area contributed by atoms with Crippen molar-refractivity contribution in [2.24, 2.45) is 0 Å². The number of ether oxygens (including phenoxy) is 3. The van der Waals surface area contributed by atoms with Crippen molar-refractivity contribution in [2.45, 2.75) is 64.1 Å². The first-order valence-electron chi connectivity index (χ1n) is 7.85. The lowest BCUT2D eigenvalue weighted by Gasteiger charge is -2.42. The first-order valence-corrected chi connectivity index (χ1v) is 7.85. The van der Waals surface area contributed by atoms with E-state index >= 15 is 0 Å². The van der Waals surface area contributed by atoms with E-state index < -0.39 is 0 Å². The Morgan fingerprint density at radius 2 is 1.57 bits per heavy atom. The third-order valence-corrected chi connectivity index (χ3v) is 5.05. The second kappa shape index (κ2) is 4.91. The predicted molar refractivity (Wildman–Crippen MR) is 83.3 cm³/mol. The zero-order chi connectivity index (χ0) is 15.3. The maximum atomic E-state index is 5.99. The van der Waals surface area contributed by atoms with Crippen molar-refractivity contribution < 1.29 is 14.2 Å². The van der Waals surface area contributed by atoms with Crippen molar-refractivity contribution in [2.75, 3.05) is 13.7 Å². The van der Waals surface area contributed by atoms with Crippen LogP contribution in [0.2, 0.25) is 0 Å². The Kier molecular flexibility index (Phi) is 3.44. The summed E-state index contributed by atoms with van der Waals surface area (Å²) in [5.74, 6) is 1.68. The van der Waals surface area contributed by atoms with Gasteiger partial charge in [0, 0.05) is 13.5 Å². The van der Waals surface area contributed by atoms with E-state index in [1.54, 1.807) is 7.11 Å². The molecule has 0 spiro atoms. The molecule has 1 aromatic rings. The first-order chi connectivity index (χ1) is 9.83. The summed E-state index contributed by atoms with van der Waals surface area (Å²) in [6.45, 7) is 9.91. The van der Waals surface area contributed by atoms with Gasteiger partial charge in [0.15, 0.2) is 11.5 Å². The summed E-state index contributed by atoms with van der Waals surface area (Å²) in [6, 6.07) is 4.38. The fraction of sp³-hybridized carbons (Fsp3) is 0.667. The second-order valence-electron chi connectivity index (χ2n) is 7.53. The highest BCUT2D eigenvalue weighted by Gasteiger charge is 2.38. The highest BCUT2D eigenvalue weighted by Crippen LogP contribution is 2.49. The van der Waals surface area contributed by atoms with Gasteiger partial charge in [-0.05, 0) is 46.9 Å². The Balaban J connectivity index is 2.12. The molecule has 3 rings (SSSR count). The summed E-state index contributed by atoms with van der Waals surface area (Å²) in [4.78, 5) is 0. The standard InChI is InChI=1S/C18H26O3/c1-17(2)7-8-18(3,4)13-11-15-14(10-12(13)17)20-9-6-16(19-5)21-15/h10-11,16H,6-9H2,1-5H3. The largest absolute Gasteiger partial charge is 0.489 e. The van der Waals surface area contributed by atoms with Gasteiger partial charge in [-0.15, -0.1) is 0 Å². The van der Waals surface area contributed by atoms with Crippen LogP contribution in [-0.4, -0.2) is 20.0 Å². The Morgan fingerprint density at radius 3 is 2.14 bits per heavy atom. The summed E-state index contributed by atoms with van der Waals surface area (Å²) in [5.41, 5.74) is 3.16. The van der Waals surface area contributed by atoms with E-state index in [4.69, 9.17) is 14.2 Å². The van der Waals surface area contributed by atoms with Crippen LogP contribution in [0, 0.1) is 0 Å². The Morgan fingerprint density at radius 1 is 1.00 bits per heavy atom. The van der Waals surface area contributed by atoms with Gasteiger partial charge in [0.05, 0.1) is 6.61 Å². The molecule has 3 heteroatoms. The smallest absolute Gasteiger partial charge is 0.203 e. The van der Waals surface area contributed by atoms with Gasteiger partial charge in [-0.2, -0.15) is 0 Å². The fourth-order valence-corrected chi connectivity index (χ4v) is 3.41. The molecule has 0 bridgehead atoms. The van der Waals surface area contributed by atoms with E-state index in [-0.39, 0.29) is 17.1 Å². The van der Waals surface area contributed by atoms with E-state index in [1.807, 2.05) is 0 Å². The van der Waals surface area contributed by atoms with Crippen molar-refractivity contribution in [1.82, 2.24) is 0 Å². The monoisotopic (exact) mass is 290 g/mol. The Bertz CT molecular complexity index is 546. The minimum Gasteiger partial charge on any atom is -0.489 e. The van der Waals surface area contributed by atoms with Crippen LogP contribution in [0.3, 0.4) is 0 Å². The number of fused-ring (bicyclic) bond motifs is 2. The average molecular weight is 290 g/mol. The van der Waals surface area contributed by atoms with Crippen LogP contribution in [0.25, 0.3) is 0 Å². The molecule has 1 unspecified atom stereocenters. The summed E-state index contributed by atoms with van der Waals surface area (Å²) in [7, 11) is 1.68. The van der Waals surface area contributed by atoms with Crippen LogP contribution < -0.4 is 9.47 Å². The van der Waals surface area contributed by atoms with E-state index in [1.165, 1.54) is 24.0 Å². The maximum absolute atomic E-state index is 5.99. The van der Waals surface area contributed by atoms with Crippen LogP contribution in [0.4, 0.5) is 0 Å². The molecule has 116 valence electrons. The van der Waals surface area contributed by atoms with Gasteiger partial charge in [-0.1, -0.05) is 27.7 Å². The van der Waals surface area contributed by atoms with Crippen LogP contribution in [0.5, 0.6) is 11.5 Å². The summed E-state index contributed by atoms with van der Waals surface area (Å²) in [5, 5.41) is 0. The number of hydrogen-bond donors (Lipinski definition) is 0. The fourth-order valence-electron chi connectivity index (χ4n) is 3.41. The third kappa shape index (κ3) is 2.52. The quantitative estimate of drug-likeness (QED) is 0.777. The van der Waals surface area contributed by atoms with Gasteiger partial charge in [-0.3, -0.25) is 0 Å². The lowest BCUT2D eigenvalue weighted by atomic mass is 9.63. The molecule has 0 saturated heterocycles. The molecule has 1 aromatic carbocycles. The molecule has 0 saturated carbocycles. The van der Waals surface area contributed by atoms with E-state index in [9.17, 15) is 0 Å². The molecule has 0 aromatic heterocycles. The van der Waals surface area contributed by atoms with Crippen molar-refractivity contribution in [3.05, 3.63) is 23.3 Å². The van der Waals surface area contributed by atoms with Gasteiger partial charge in [0.25, 0.3) is 0 Å². The minimum atomic E-state index is -0.219. The van der Waals surface area contributed by atoms with Gasteiger partial charge in [0.1, 0.15) is 0 Å². The van der Waals surface area contributed by atoms with Gasteiger partial charge in [0.2, 0.25) is 6.29 Å². The number of rotatable bonds is 1. The van der Waals surface area contributed by atoms with Crippen LogP contribution >= 0.6 is 0 Å². The normalized spacial score (nSPS) is 25.9. The molecule has 1 heterocycles. The molecule has 1 aliphatic carbocycles. The number of methoxy groups -OCH3 is 1. The van der Waals surface area contributed by atoms with Crippen molar-refractivity contribution in [3.63, 3.8) is 0 Å². The van der Waals surface area contributed by atoms with Crippen LogP contribution in [0.1, 0.15) is 58.1 Å². The summed E-state index contributed by atoms with van der Waals surface area (Å²) in [6.07, 6.45) is 2.93. The molecular formula is C18H26O3. The number of benzene rings is 1. The van der Waals surface area contributed by atoms with Crippen LogP contribution in [-0.2, 0) is 15.6 Å². The molecular weight excluding hydrogens is 264 g/mol. The minimum absolute atomic E-state index is 0.179. The van der Waals surface area contributed by atoms with E-state index in [2.05, 4.69) is 39.8 Å². The highest BCUT2D eigenvalue weighted by atomic mass is 16.7. The molecule has 1 atom stereocenters. The summed E-state index contributed by atoms with van der Waals surface area (Å²) >= 11 is 0. The number of hydrogen-bond acceptors (Lipinski definition) is 3. The van der Waals surface area contributed by atoms with Crippen molar-refractivity contribution in [1.29, 1.82) is 0 Å². The van der Waals surface area contributed by atoms with Gasteiger partial charge < -0.3 is 14.2 Å². The molecule has 21 heavy (non-hydrogen) atoms. The van der Waals surface area contributed by atoms with Crippen LogP contribution in [0.15, 0.2) is 12.1 Å². The molecule has 0 N–H and O–H groups in total. The van der Waals surface area contributed by atoms with E-state index in [0.29, 0.717) is 6.61 Å². The second-order valence-corrected chi connectivity index (χ2v) is 7.53. The third-order valence-electron chi connectivity index (χ3n) is 5.05. The van der Waals surface area contributed by atoms with Crippen molar-refractivity contribution >= 4 is 0 Å². The molecule has 1 aliphatic heterocycles. The molecule has 0 radical (unpaired) electrons. The molecule has 0 amide bonds. The highest BCUT2D eigenvalue weighted by molar-refractivity contribution is 5.53. The molecule has 2 aliphatic rings. The van der Waals surface area contributed by atoms with E-state index in [0.717, 1.165) is 17.9 Å². The Hall–Kier alpha value is -1.22. The topological polar surface area (TPSA) is 27.7 Å².